The maximum atomic E-state index is 13.1. The second-order valence-corrected chi connectivity index (χ2v) is 10.4. The summed E-state index contributed by atoms with van der Waals surface area (Å²) in [5.74, 6) is -1.32. The fourth-order valence-corrected chi connectivity index (χ4v) is 5.13. The predicted molar refractivity (Wildman–Crippen MR) is 139 cm³/mol. The van der Waals surface area contributed by atoms with Gasteiger partial charge in [0, 0.05) is 28.6 Å². The van der Waals surface area contributed by atoms with Crippen LogP contribution < -0.4 is 10.7 Å². The number of halogens is 1. The van der Waals surface area contributed by atoms with E-state index in [1.54, 1.807) is 29.1 Å². The maximum Gasteiger partial charge on any atom is 0.307 e. The van der Waals surface area contributed by atoms with Crippen molar-refractivity contribution in [2.24, 2.45) is 5.92 Å². The van der Waals surface area contributed by atoms with Crippen LogP contribution in [-0.2, 0) is 4.79 Å². The zero-order chi connectivity index (χ0) is 25.0. The van der Waals surface area contributed by atoms with E-state index < -0.39 is 5.97 Å². The van der Waals surface area contributed by atoms with E-state index in [-0.39, 0.29) is 34.8 Å². The molecule has 2 N–H and O–H groups in total. The Bertz CT molecular complexity index is 1590. The number of carbonyl (C=O) groups excluding carboxylic acids is 1. The molecule has 180 valence electrons. The number of nitrogens with one attached hydrogen (secondary N) is 1. The number of amides is 1. The Kier molecular flexibility index (Phi) is 5.48. The van der Waals surface area contributed by atoms with Crippen molar-refractivity contribution in [2.75, 3.05) is 0 Å². The van der Waals surface area contributed by atoms with E-state index in [2.05, 4.69) is 26.2 Å². The van der Waals surface area contributed by atoms with Crippen molar-refractivity contribution in [3.63, 3.8) is 0 Å². The zero-order valence-corrected chi connectivity index (χ0v) is 20.7. The third-order valence-electron chi connectivity index (χ3n) is 6.86. The Morgan fingerprint density at radius 3 is 2.53 bits per heavy atom. The first-order chi connectivity index (χ1) is 17.4. The second kappa shape index (κ2) is 8.71. The summed E-state index contributed by atoms with van der Waals surface area (Å²) in [5, 5.41) is 12.5. The largest absolute Gasteiger partial charge is 0.481 e. The van der Waals surface area contributed by atoms with Crippen LogP contribution in [0.2, 0.25) is 0 Å². The number of pyridine rings is 2. The van der Waals surface area contributed by atoms with Gasteiger partial charge in [0.05, 0.1) is 11.3 Å². The van der Waals surface area contributed by atoms with Crippen molar-refractivity contribution < 1.29 is 14.7 Å². The first kappa shape index (κ1) is 22.7. The van der Waals surface area contributed by atoms with Gasteiger partial charge in [0.2, 0.25) is 5.43 Å². The average molecular weight is 544 g/mol. The predicted octanol–water partition coefficient (Wildman–Crippen LogP) is 4.90. The van der Waals surface area contributed by atoms with Gasteiger partial charge < -0.3 is 15.0 Å². The van der Waals surface area contributed by atoms with E-state index in [1.807, 2.05) is 42.5 Å². The van der Waals surface area contributed by atoms with Crippen molar-refractivity contribution in [1.29, 1.82) is 0 Å². The van der Waals surface area contributed by atoms with Crippen LogP contribution in [0.15, 0.2) is 76.3 Å². The Hall–Kier alpha value is -3.78. The molecule has 2 aliphatic rings. The van der Waals surface area contributed by atoms with Crippen LogP contribution in [0.1, 0.15) is 41.1 Å². The Morgan fingerprint density at radius 1 is 1.06 bits per heavy atom. The summed E-state index contributed by atoms with van der Waals surface area (Å²) in [6, 6.07) is 17.4. The van der Waals surface area contributed by atoms with Gasteiger partial charge in [0.1, 0.15) is 11.2 Å². The van der Waals surface area contributed by atoms with Gasteiger partial charge in [-0.25, -0.2) is 4.98 Å². The second-order valence-electron chi connectivity index (χ2n) is 9.47. The van der Waals surface area contributed by atoms with E-state index >= 15 is 0 Å². The summed E-state index contributed by atoms with van der Waals surface area (Å²) in [6.45, 7) is 0. The molecule has 7 nitrogen and oxygen atoms in total. The van der Waals surface area contributed by atoms with Crippen LogP contribution >= 0.6 is 15.9 Å². The highest BCUT2D eigenvalue weighted by Gasteiger charge is 2.44. The molecule has 2 aromatic heterocycles. The van der Waals surface area contributed by atoms with E-state index in [0.717, 1.165) is 39.7 Å². The number of fused-ring (bicyclic) bond motifs is 1. The van der Waals surface area contributed by atoms with Gasteiger partial charge in [-0.2, -0.15) is 0 Å². The molecule has 2 aliphatic carbocycles. The minimum Gasteiger partial charge on any atom is -0.481 e. The standard InChI is InChI=1S/C28H22BrN3O4/c29-18-10-17(15-3-5-16(6-4-15)22-13-23(22)28(35)36)11-20(12-18)32-14-24(27(34)31-19-7-8-19)25(33)21-2-1-9-30-26(21)32/h1-6,9-12,14,19,22-23H,7-8,13H2,(H,31,34)(H,35,36). The van der Waals surface area contributed by atoms with Crippen LogP contribution in [0.4, 0.5) is 0 Å². The van der Waals surface area contributed by atoms with Crippen LogP contribution in [0.25, 0.3) is 27.8 Å². The van der Waals surface area contributed by atoms with Crippen LogP contribution in [0.5, 0.6) is 0 Å². The highest BCUT2D eigenvalue weighted by molar-refractivity contribution is 9.10. The topological polar surface area (TPSA) is 101 Å². The molecule has 2 atom stereocenters. The van der Waals surface area contributed by atoms with Gasteiger partial charge in [0.15, 0.2) is 0 Å². The van der Waals surface area contributed by atoms with Gasteiger partial charge in [-0.1, -0.05) is 40.2 Å². The maximum absolute atomic E-state index is 13.1. The molecular weight excluding hydrogens is 522 g/mol. The molecule has 0 radical (unpaired) electrons. The fraction of sp³-hybridized carbons (Fsp3) is 0.214. The number of carbonyl (C=O) groups is 2. The monoisotopic (exact) mass is 543 g/mol. The summed E-state index contributed by atoms with van der Waals surface area (Å²) >= 11 is 3.61. The van der Waals surface area contributed by atoms with Crippen LogP contribution in [-0.4, -0.2) is 32.6 Å². The number of rotatable bonds is 6. The Labute approximate surface area is 214 Å². The smallest absolute Gasteiger partial charge is 0.307 e. The van der Waals surface area contributed by atoms with Gasteiger partial charge in [-0.05, 0) is 72.2 Å². The molecule has 36 heavy (non-hydrogen) atoms. The van der Waals surface area contributed by atoms with Gasteiger partial charge >= 0.3 is 5.97 Å². The summed E-state index contributed by atoms with van der Waals surface area (Å²) in [5.41, 5.74) is 3.91. The fourth-order valence-electron chi connectivity index (χ4n) is 4.65. The van der Waals surface area contributed by atoms with Crippen molar-refractivity contribution in [1.82, 2.24) is 14.9 Å². The van der Waals surface area contributed by atoms with Crippen molar-refractivity contribution in [3.8, 4) is 16.8 Å². The van der Waals surface area contributed by atoms with Crippen molar-refractivity contribution in [3.05, 3.63) is 92.8 Å². The van der Waals surface area contributed by atoms with Crippen LogP contribution in [0.3, 0.4) is 0 Å². The SMILES string of the molecule is O=C(NC1CC1)c1cn(-c2cc(Br)cc(-c3ccc(C4CC4C(=O)O)cc3)c2)c2ncccc2c1=O. The highest BCUT2D eigenvalue weighted by Crippen LogP contribution is 2.47. The average Bonchev–Trinajstić information content (AvgIpc) is 3.79. The molecule has 8 heteroatoms. The van der Waals surface area contributed by atoms with E-state index in [0.29, 0.717) is 17.5 Å². The number of benzene rings is 2. The number of aromatic nitrogens is 2. The minimum absolute atomic E-state index is 0.0772. The molecule has 2 fully saturated rings. The minimum atomic E-state index is -0.743. The number of aliphatic carboxylic acids is 1. The number of hydrogen-bond donors (Lipinski definition) is 2. The first-order valence-electron chi connectivity index (χ1n) is 11.8. The van der Waals surface area contributed by atoms with Gasteiger partial charge in [0.25, 0.3) is 5.91 Å². The number of hydrogen-bond acceptors (Lipinski definition) is 4. The zero-order valence-electron chi connectivity index (χ0n) is 19.1. The normalized spacial score (nSPS) is 18.7. The number of nitrogens with zero attached hydrogens (tertiary/aromatic N) is 2. The first-order valence-corrected chi connectivity index (χ1v) is 12.6. The molecule has 0 bridgehead atoms. The highest BCUT2D eigenvalue weighted by atomic mass is 79.9. The molecule has 6 rings (SSSR count). The van der Waals surface area contributed by atoms with E-state index in [9.17, 15) is 19.5 Å². The lowest BCUT2D eigenvalue weighted by Crippen LogP contribution is -2.31. The lowest BCUT2D eigenvalue weighted by Gasteiger charge is -2.15. The number of carboxylic acids is 1. The lowest BCUT2D eigenvalue weighted by molar-refractivity contribution is -0.138. The molecule has 0 saturated heterocycles. The van der Waals surface area contributed by atoms with Gasteiger partial charge in [-0.15, -0.1) is 0 Å². The third kappa shape index (κ3) is 4.22. The van der Waals surface area contributed by atoms with E-state index in [1.165, 1.54) is 0 Å². The molecule has 0 aliphatic heterocycles. The van der Waals surface area contributed by atoms with E-state index in [4.69, 9.17) is 0 Å². The number of carboxylic acid groups (broad SMARTS) is 1. The van der Waals surface area contributed by atoms with Crippen molar-refractivity contribution >= 4 is 38.8 Å². The molecule has 4 aromatic rings. The molecule has 2 unspecified atom stereocenters. The van der Waals surface area contributed by atoms with Crippen LogP contribution in [0, 0.1) is 5.92 Å². The Balaban J connectivity index is 1.42. The summed E-state index contributed by atoms with van der Waals surface area (Å²) in [4.78, 5) is 41.6. The molecule has 1 amide bonds. The Morgan fingerprint density at radius 2 is 1.83 bits per heavy atom. The third-order valence-corrected chi connectivity index (χ3v) is 7.32. The summed E-state index contributed by atoms with van der Waals surface area (Å²) in [7, 11) is 0. The van der Waals surface area contributed by atoms with Gasteiger partial charge in [-0.3, -0.25) is 14.4 Å². The molecular formula is C28H22BrN3O4. The van der Waals surface area contributed by atoms with Crippen molar-refractivity contribution in [2.45, 2.75) is 31.2 Å². The molecule has 2 saturated carbocycles. The molecule has 2 heterocycles. The summed E-state index contributed by atoms with van der Waals surface area (Å²) < 4.78 is 2.61. The summed E-state index contributed by atoms with van der Waals surface area (Å²) in [6.07, 6.45) is 5.74. The molecule has 2 aromatic carbocycles. The quantitative estimate of drug-likeness (QED) is 0.360. The molecule has 0 spiro atoms. The lowest BCUT2D eigenvalue weighted by atomic mass is 10.0.